The summed E-state index contributed by atoms with van der Waals surface area (Å²) in [5, 5.41) is 23.6. The predicted octanol–water partition coefficient (Wildman–Crippen LogP) is 5.10. The summed E-state index contributed by atoms with van der Waals surface area (Å²) in [5.74, 6) is -1.52. The predicted molar refractivity (Wildman–Crippen MR) is 139 cm³/mol. The number of rotatable bonds is 6. The standard InChI is InChI=1S/C20H21BrFN3O2.C5H3F3N2O2/c1-3-4-5-6-25-11-17(21)14-7-16(18(22)8-15(14)20(25)27)19-23-9-13(10-24-19)12(2)26;6-5(7,8)3-2(11)1-9-10-4(3)12/h7-12,26H,3-6H2,1-2H3;1H,(H2,10,11,12). The average molecular weight is 614 g/mol. The molecule has 3 N–H and O–H groups in total. The number of pyridine rings is 1. The van der Waals surface area contributed by atoms with E-state index in [9.17, 15) is 32.3 Å². The fourth-order valence-corrected chi connectivity index (χ4v) is 4.17. The van der Waals surface area contributed by atoms with Gasteiger partial charge in [0.25, 0.3) is 11.1 Å². The largest absolute Gasteiger partial charge is 0.505 e. The van der Waals surface area contributed by atoms with Crippen molar-refractivity contribution in [1.82, 2.24) is 24.7 Å². The zero-order valence-electron chi connectivity index (χ0n) is 20.8. The molecule has 0 aliphatic carbocycles. The summed E-state index contributed by atoms with van der Waals surface area (Å²) in [6.07, 6.45) is 2.66. The maximum absolute atomic E-state index is 14.7. The molecule has 14 heteroatoms. The summed E-state index contributed by atoms with van der Waals surface area (Å²) >= 11 is 3.50. The van der Waals surface area contributed by atoms with Gasteiger partial charge in [-0.1, -0.05) is 19.8 Å². The number of hydrogen-bond donors (Lipinski definition) is 3. The lowest BCUT2D eigenvalue weighted by molar-refractivity contribution is -0.140. The van der Waals surface area contributed by atoms with Crippen LogP contribution in [0.5, 0.6) is 5.75 Å². The van der Waals surface area contributed by atoms with E-state index < -0.39 is 35.0 Å². The summed E-state index contributed by atoms with van der Waals surface area (Å²) in [6, 6.07) is 2.84. The van der Waals surface area contributed by atoms with Gasteiger partial charge in [-0.3, -0.25) is 9.59 Å². The molecule has 0 saturated heterocycles. The quantitative estimate of drug-likeness (QED) is 0.203. The Kier molecular flexibility index (Phi) is 9.56. The topological polar surface area (TPSA) is 134 Å². The van der Waals surface area contributed by atoms with Gasteiger partial charge in [0.2, 0.25) is 0 Å². The first kappa shape index (κ1) is 29.9. The molecule has 0 fully saturated rings. The number of aromatic amines is 1. The third-order valence-corrected chi connectivity index (χ3v) is 6.27. The van der Waals surface area contributed by atoms with Crippen molar-refractivity contribution in [2.45, 2.75) is 51.9 Å². The van der Waals surface area contributed by atoms with Crippen LogP contribution >= 0.6 is 15.9 Å². The molecule has 1 aromatic carbocycles. The molecule has 1 unspecified atom stereocenters. The number of hydrogen-bond acceptors (Lipinski definition) is 7. The number of halogens is 5. The molecule has 3 aromatic heterocycles. The number of unbranched alkanes of at least 4 members (excludes halogenated alkanes) is 2. The Morgan fingerprint density at radius 2 is 1.77 bits per heavy atom. The van der Waals surface area contributed by atoms with E-state index in [1.807, 2.05) is 0 Å². The fraction of sp³-hybridized carbons (Fsp3) is 0.320. The maximum atomic E-state index is 14.7. The van der Waals surface area contributed by atoms with Crippen molar-refractivity contribution < 1.29 is 27.8 Å². The highest BCUT2D eigenvalue weighted by Crippen LogP contribution is 2.31. The number of fused-ring (bicyclic) bond motifs is 1. The summed E-state index contributed by atoms with van der Waals surface area (Å²) in [4.78, 5) is 31.5. The lowest BCUT2D eigenvalue weighted by Crippen LogP contribution is -2.22. The van der Waals surface area contributed by atoms with Crippen LogP contribution < -0.4 is 11.1 Å². The first-order valence-electron chi connectivity index (χ1n) is 11.7. The van der Waals surface area contributed by atoms with Crippen LogP contribution in [0.1, 0.15) is 50.3 Å². The van der Waals surface area contributed by atoms with Crippen LogP contribution in [-0.4, -0.2) is 34.9 Å². The second kappa shape index (κ2) is 12.5. The van der Waals surface area contributed by atoms with Gasteiger partial charge >= 0.3 is 6.18 Å². The normalized spacial score (nSPS) is 12.2. The minimum Gasteiger partial charge on any atom is -0.505 e. The van der Waals surface area contributed by atoms with Gasteiger partial charge in [-0.05, 0) is 41.4 Å². The first-order valence-corrected chi connectivity index (χ1v) is 12.5. The van der Waals surface area contributed by atoms with E-state index in [-0.39, 0.29) is 16.9 Å². The Bertz CT molecular complexity index is 1570. The van der Waals surface area contributed by atoms with Gasteiger partial charge in [0, 0.05) is 40.6 Å². The van der Waals surface area contributed by atoms with Crippen LogP contribution in [0.3, 0.4) is 0 Å². The van der Waals surface area contributed by atoms with Crippen molar-refractivity contribution in [2.24, 2.45) is 0 Å². The van der Waals surface area contributed by atoms with Crippen LogP contribution in [0.15, 0.2) is 51.0 Å². The number of aromatic nitrogens is 5. The van der Waals surface area contributed by atoms with Crippen molar-refractivity contribution in [3.8, 4) is 17.1 Å². The smallest absolute Gasteiger partial charge is 0.425 e. The Morgan fingerprint density at radius 3 is 2.31 bits per heavy atom. The number of aliphatic hydroxyl groups is 1. The molecule has 4 rings (SSSR count). The monoisotopic (exact) mass is 613 g/mol. The molecule has 208 valence electrons. The molecule has 9 nitrogen and oxygen atoms in total. The SMILES string of the molecule is CCCCCn1cc(Br)c2cc(-c3ncc(C(C)O)cn3)c(F)cc2c1=O.O=c1[nH]ncc(O)c1C(F)(F)F. The minimum absolute atomic E-state index is 0.206. The van der Waals surface area contributed by atoms with Crippen molar-refractivity contribution in [3.63, 3.8) is 0 Å². The molecule has 0 amide bonds. The van der Waals surface area contributed by atoms with Gasteiger partial charge in [-0.15, -0.1) is 0 Å². The number of H-pyrrole nitrogens is 1. The zero-order chi connectivity index (χ0) is 28.9. The molecule has 0 aliphatic heterocycles. The molecule has 4 aromatic rings. The third kappa shape index (κ3) is 7.06. The number of nitrogens with zero attached hydrogens (tertiary/aromatic N) is 4. The number of alkyl halides is 3. The number of aryl methyl sites for hydroxylation is 1. The van der Waals surface area contributed by atoms with Crippen LogP contribution in [0.4, 0.5) is 17.6 Å². The van der Waals surface area contributed by atoms with Gasteiger partial charge in [0.1, 0.15) is 5.82 Å². The lowest BCUT2D eigenvalue weighted by Gasteiger charge is -2.11. The molecule has 0 radical (unpaired) electrons. The van der Waals surface area contributed by atoms with Crippen LogP contribution in [-0.2, 0) is 12.7 Å². The average Bonchev–Trinajstić information content (AvgIpc) is 2.86. The van der Waals surface area contributed by atoms with E-state index in [4.69, 9.17) is 5.11 Å². The highest BCUT2D eigenvalue weighted by atomic mass is 79.9. The van der Waals surface area contributed by atoms with E-state index in [1.54, 1.807) is 28.9 Å². The molecule has 1 atom stereocenters. The van der Waals surface area contributed by atoms with Gasteiger partial charge in [0.15, 0.2) is 17.1 Å². The van der Waals surface area contributed by atoms with E-state index >= 15 is 0 Å². The van der Waals surface area contributed by atoms with Crippen LogP contribution in [0.25, 0.3) is 22.2 Å². The second-order valence-corrected chi connectivity index (χ2v) is 9.39. The molecular formula is C25H24BrF4N5O4. The van der Waals surface area contributed by atoms with Gasteiger partial charge in [-0.25, -0.2) is 19.5 Å². The second-order valence-electron chi connectivity index (χ2n) is 8.53. The van der Waals surface area contributed by atoms with Crippen molar-refractivity contribution >= 4 is 26.7 Å². The van der Waals surface area contributed by atoms with Gasteiger partial charge in [0.05, 0.1) is 23.3 Å². The summed E-state index contributed by atoms with van der Waals surface area (Å²) in [5.41, 5.74) is -2.53. The van der Waals surface area contributed by atoms with E-state index in [0.717, 1.165) is 23.7 Å². The Balaban J connectivity index is 0.000000293. The van der Waals surface area contributed by atoms with Crippen LogP contribution in [0, 0.1) is 5.82 Å². The maximum Gasteiger partial charge on any atom is 0.425 e. The summed E-state index contributed by atoms with van der Waals surface area (Å²) in [7, 11) is 0. The highest BCUT2D eigenvalue weighted by molar-refractivity contribution is 9.10. The molecule has 0 aliphatic rings. The highest BCUT2D eigenvalue weighted by Gasteiger charge is 2.37. The Labute approximate surface area is 227 Å². The van der Waals surface area contributed by atoms with Crippen molar-refractivity contribution in [1.29, 1.82) is 0 Å². The number of nitrogens with one attached hydrogen (secondary N) is 1. The lowest BCUT2D eigenvalue weighted by atomic mass is 10.1. The van der Waals surface area contributed by atoms with Crippen LogP contribution in [0.2, 0.25) is 0 Å². The summed E-state index contributed by atoms with van der Waals surface area (Å²) < 4.78 is 52.8. The number of aromatic hydroxyl groups is 1. The first-order chi connectivity index (χ1) is 18.3. The van der Waals surface area contributed by atoms with Crippen molar-refractivity contribution in [3.05, 3.63) is 79.0 Å². The fourth-order valence-electron chi connectivity index (χ4n) is 3.59. The molecular weight excluding hydrogens is 590 g/mol. The van der Waals surface area contributed by atoms with E-state index in [2.05, 4.69) is 37.9 Å². The molecule has 3 heterocycles. The molecule has 0 spiro atoms. The Hall–Kier alpha value is -3.65. The van der Waals surface area contributed by atoms with E-state index in [1.165, 1.54) is 18.5 Å². The third-order valence-electron chi connectivity index (χ3n) is 5.64. The molecule has 39 heavy (non-hydrogen) atoms. The van der Waals surface area contributed by atoms with Gasteiger partial charge in [-0.2, -0.15) is 18.3 Å². The molecule has 0 saturated carbocycles. The zero-order valence-corrected chi connectivity index (χ0v) is 22.3. The summed E-state index contributed by atoms with van der Waals surface area (Å²) in [6.45, 7) is 4.32. The van der Waals surface area contributed by atoms with Crippen molar-refractivity contribution in [2.75, 3.05) is 0 Å². The van der Waals surface area contributed by atoms with E-state index in [0.29, 0.717) is 29.1 Å². The van der Waals surface area contributed by atoms with Gasteiger partial charge < -0.3 is 14.8 Å². The number of aliphatic hydroxyl groups excluding tert-OH is 1. The number of benzene rings is 1. The Morgan fingerprint density at radius 1 is 1.10 bits per heavy atom. The minimum atomic E-state index is -4.86. The molecule has 0 bridgehead atoms.